The van der Waals surface area contributed by atoms with Crippen LogP contribution in [-0.2, 0) is 25.6 Å². The van der Waals surface area contributed by atoms with E-state index < -0.39 is 54.0 Å². The van der Waals surface area contributed by atoms with Crippen LogP contribution < -0.4 is 38.9 Å². The van der Waals surface area contributed by atoms with E-state index in [9.17, 15) is 29.4 Å². The number of guanidine groups is 1. The molecular weight excluding hydrogens is 508 g/mol. The first kappa shape index (κ1) is 33.3. The van der Waals surface area contributed by atoms with E-state index in [-0.39, 0.29) is 31.8 Å². The number of aliphatic hydroxyl groups excluding tert-OH is 1. The number of aliphatic carboxylic acids is 1. The fraction of sp³-hybridized carbons (Fsp3) is 0.560. The maximum absolute atomic E-state index is 13.3. The lowest BCUT2D eigenvalue weighted by atomic mass is 10.0. The van der Waals surface area contributed by atoms with Gasteiger partial charge >= 0.3 is 5.97 Å². The smallest absolute Gasteiger partial charge is 0.326 e. The Hall–Kier alpha value is -3.75. The molecule has 1 rings (SSSR count). The lowest BCUT2D eigenvalue weighted by molar-refractivity contribution is -0.143. The third-order valence-corrected chi connectivity index (χ3v) is 5.84. The van der Waals surface area contributed by atoms with E-state index >= 15 is 0 Å². The minimum Gasteiger partial charge on any atom is -0.480 e. The van der Waals surface area contributed by atoms with E-state index in [0.29, 0.717) is 25.8 Å². The SMILES string of the molecule is CC(O)C(NC(=O)C(Cc1ccccc1)NC(=O)C(N)CCCCN)C(=O)NC(CCCN=C(N)N)C(=O)O. The topological polar surface area (TPSA) is 261 Å². The van der Waals surface area contributed by atoms with E-state index in [1.165, 1.54) is 6.92 Å². The molecule has 0 radical (unpaired) electrons. The molecule has 1 aromatic carbocycles. The number of aliphatic hydroxyl groups is 1. The van der Waals surface area contributed by atoms with Crippen molar-refractivity contribution in [3.63, 3.8) is 0 Å². The number of carboxylic acids is 1. The number of nitrogens with two attached hydrogens (primary N) is 4. The summed E-state index contributed by atoms with van der Waals surface area (Å²) in [6, 6.07) is 4.10. The highest BCUT2D eigenvalue weighted by Gasteiger charge is 2.32. The molecule has 0 aromatic heterocycles. The highest BCUT2D eigenvalue weighted by Crippen LogP contribution is 2.07. The first-order valence-electron chi connectivity index (χ1n) is 12.8. The average molecular weight is 551 g/mol. The number of benzene rings is 1. The van der Waals surface area contributed by atoms with Crippen LogP contribution in [0.2, 0.25) is 0 Å². The zero-order valence-electron chi connectivity index (χ0n) is 22.2. The average Bonchev–Trinajstić information content (AvgIpc) is 2.88. The van der Waals surface area contributed by atoms with E-state index in [4.69, 9.17) is 22.9 Å². The summed E-state index contributed by atoms with van der Waals surface area (Å²) >= 11 is 0. The number of rotatable bonds is 18. The Labute approximate surface area is 228 Å². The molecule has 14 nitrogen and oxygen atoms in total. The van der Waals surface area contributed by atoms with Crippen LogP contribution in [0.1, 0.15) is 44.6 Å². The van der Waals surface area contributed by atoms with E-state index in [1.807, 2.05) is 0 Å². The summed E-state index contributed by atoms with van der Waals surface area (Å²) in [5.74, 6) is -3.65. The van der Waals surface area contributed by atoms with Crippen molar-refractivity contribution in [2.75, 3.05) is 13.1 Å². The quantitative estimate of drug-likeness (QED) is 0.0534. The molecule has 0 saturated carbocycles. The number of hydrogen-bond acceptors (Lipinski definition) is 8. The summed E-state index contributed by atoms with van der Waals surface area (Å²) in [5, 5.41) is 27.1. The summed E-state index contributed by atoms with van der Waals surface area (Å²) in [6.07, 6.45) is 0.695. The second kappa shape index (κ2) is 17.7. The molecule has 0 spiro atoms. The highest BCUT2D eigenvalue weighted by atomic mass is 16.4. The first-order chi connectivity index (χ1) is 18.5. The van der Waals surface area contributed by atoms with Crippen molar-refractivity contribution in [3.8, 4) is 0 Å². The molecule has 218 valence electrons. The van der Waals surface area contributed by atoms with Crippen molar-refractivity contribution in [1.82, 2.24) is 16.0 Å². The molecule has 3 amide bonds. The lowest BCUT2D eigenvalue weighted by Crippen LogP contribution is -2.60. The number of carbonyl (C=O) groups excluding carboxylic acids is 3. The van der Waals surface area contributed by atoms with Crippen molar-refractivity contribution in [2.24, 2.45) is 27.9 Å². The Morgan fingerprint density at radius 2 is 1.54 bits per heavy atom. The molecule has 1 aromatic rings. The molecular formula is C25H42N8O6. The Balaban J connectivity index is 2.98. The zero-order valence-corrected chi connectivity index (χ0v) is 22.2. The molecule has 0 saturated heterocycles. The number of amides is 3. The van der Waals surface area contributed by atoms with Crippen LogP contribution in [0, 0.1) is 0 Å². The minimum atomic E-state index is -1.49. The van der Waals surface area contributed by atoms with Crippen LogP contribution in [0.25, 0.3) is 0 Å². The molecule has 5 atom stereocenters. The number of nitrogens with one attached hydrogen (secondary N) is 3. The van der Waals surface area contributed by atoms with Gasteiger partial charge in [0.25, 0.3) is 0 Å². The maximum Gasteiger partial charge on any atom is 0.326 e. The van der Waals surface area contributed by atoms with Crippen LogP contribution >= 0.6 is 0 Å². The number of unbranched alkanes of at least 4 members (excludes halogenated alkanes) is 1. The summed E-state index contributed by atoms with van der Waals surface area (Å²) in [4.78, 5) is 54.3. The van der Waals surface area contributed by atoms with Gasteiger partial charge in [-0.25, -0.2) is 4.79 Å². The van der Waals surface area contributed by atoms with E-state index in [1.54, 1.807) is 30.3 Å². The van der Waals surface area contributed by atoms with Crippen LogP contribution in [0.4, 0.5) is 0 Å². The minimum absolute atomic E-state index is 0.00701. The maximum atomic E-state index is 13.3. The Bertz CT molecular complexity index is 955. The largest absolute Gasteiger partial charge is 0.480 e. The molecule has 0 heterocycles. The molecule has 5 unspecified atom stereocenters. The summed E-state index contributed by atoms with van der Waals surface area (Å²) < 4.78 is 0. The summed E-state index contributed by atoms with van der Waals surface area (Å²) in [6.45, 7) is 1.90. The van der Waals surface area contributed by atoms with Gasteiger partial charge in [-0.15, -0.1) is 0 Å². The monoisotopic (exact) mass is 550 g/mol. The molecule has 13 N–H and O–H groups in total. The fourth-order valence-electron chi connectivity index (χ4n) is 3.66. The standard InChI is InChI=1S/C25H42N8O6/c1-15(34)20(23(37)31-18(24(38)39)11-7-13-30-25(28)29)33-22(36)19(14-16-8-3-2-4-9-16)32-21(35)17(27)10-5-6-12-26/h2-4,8-9,15,17-20,34H,5-7,10-14,26-27H2,1H3,(H,31,37)(H,32,35)(H,33,36)(H,38,39)(H4,28,29,30). The number of hydrogen-bond donors (Lipinski definition) is 9. The number of aliphatic imine (C=N–C) groups is 1. The van der Waals surface area contributed by atoms with Gasteiger partial charge in [0.1, 0.15) is 18.1 Å². The summed E-state index contributed by atoms with van der Waals surface area (Å²) in [7, 11) is 0. The Kier molecular flexibility index (Phi) is 15.1. The van der Waals surface area contributed by atoms with Crippen molar-refractivity contribution in [3.05, 3.63) is 35.9 Å². The summed E-state index contributed by atoms with van der Waals surface area (Å²) in [5.41, 5.74) is 22.7. The van der Waals surface area contributed by atoms with Gasteiger partial charge in [-0.2, -0.15) is 0 Å². The second-order valence-corrected chi connectivity index (χ2v) is 9.22. The molecule has 0 aliphatic heterocycles. The predicted octanol–water partition coefficient (Wildman–Crippen LogP) is -2.34. The van der Waals surface area contributed by atoms with Gasteiger partial charge in [-0.05, 0) is 44.7 Å². The normalized spacial score (nSPS) is 14.7. The molecule has 0 aliphatic carbocycles. The molecule has 0 bridgehead atoms. The zero-order chi connectivity index (χ0) is 29.4. The van der Waals surface area contributed by atoms with Gasteiger partial charge in [0.15, 0.2) is 5.96 Å². The highest BCUT2D eigenvalue weighted by molar-refractivity contribution is 5.94. The number of carbonyl (C=O) groups is 4. The molecule has 39 heavy (non-hydrogen) atoms. The first-order valence-corrected chi connectivity index (χ1v) is 12.8. The van der Waals surface area contributed by atoms with Crippen LogP contribution in [-0.4, -0.2) is 83.2 Å². The van der Waals surface area contributed by atoms with Gasteiger partial charge in [-0.1, -0.05) is 36.8 Å². The number of nitrogens with zero attached hydrogens (tertiary/aromatic N) is 1. The van der Waals surface area contributed by atoms with E-state index in [2.05, 4.69) is 20.9 Å². The Morgan fingerprint density at radius 1 is 0.897 bits per heavy atom. The predicted molar refractivity (Wildman–Crippen MR) is 146 cm³/mol. The van der Waals surface area contributed by atoms with Gasteiger partial charge < -0.3 is 49.1 Å². The van der Waals surface area contributed by atoms with E-state index in [0.717, 1.165) is 5.56 Å². The molecule has 0 aliphatic rings. The molecule has 0 fully saturated rings. The number of carboxylic acid groups (broad SMARTS) is 1. The van der Waals surface area contributed by atoms with Crippen LogP contribution in [0.5, 0.6) is 0 Å². The van der Waals surface area contributed by atoms with Crippen LogP contribution in [0.3, 0.4) is 0 Å². The van der Waals surface area contributed by atoms with Crippen molar-refractivity contribution < 1.29 is 29.4 Å². The lowest BCUT2D eigenvalue weighted by Gasteiger charge is -2.26. The second-order valence-electron chi connectivity index (χ2n) is 9.22. The molecule has 14 heteroatoms. The van der Waals surface area contributed by atoms with Gasteiger partial charge in [0, 0.05) is 13.0 Å². The van der Waals surface area contributed by atoms with Crippen LogP contribution in [0.15, 0.2) is 35.3 Å². The van der Waals surface area contributed by atoms with Gasteiger partial charge in [0.05, 0.1) is 12.1 Å². The third-order valence-electron chi connectivity index (χ3n) is 5.84. The third kappa shape index (κ3) is 13.0. The van der Waals surface area contributed by atoms with Crippen molar-refractivity contribution in [2.45, 2.75) is 75.7 Å². The fourth-order valence-corrected chi connectivity index (χ4v) is 3.66. The Morgan fingerprint density at radius 3 is 2.10 bits per heavy atom. The van der Waals surface area contributed by atoms with Gasteiger partial charge in [-0.3, -0.25) is 19.4 Å². The van der Waals surface area contributed by atoms with Crippen molar-refractivity contribution >= 4 is 29.7 Å². The van der Waals surface area contributed by atoms with Crippen molar-refractivity contribution in [1.29, 1.82) is 0 Å². The van der Waals surface area contributed by atoms with Gasteiger partial charge in [0.2, 0.25) is 17.7 Å².